The largest absolute Gasteiger partial charge is 0.475 e. The Morgan fingerprint density at radius 2 is 2.00 bits per heavy atom. The van der Waals surface area contributed by atoms with Gasteiger partial charge in [-0.15, -0.1) is 11.8 Å². The van der Waals surface area contributed by atoms with Crippen LogP contribution >= 0.6 is 11.8 Å². The molecule has 106 valence electrons. The number of hydrogen-bond donors (Lipinski definition) is 1. The minimum absolute atomic E-state index is 0.0797. The summed E-state index contributed by atoms with van der Waals surface area (Å²) in [6.45, 7) is 0. The Labute approximate surface area is 124 Å². The molecule has 3 rings (SSSR count). The fraction of sp³-hybridized carbons (Fsp3) is 0.0625. The van der Waals surface area contributed by atoms with E-state index in [2.05, 4.69) is 0 Å². The minimum Gasteiger partial charge on any atom is -0.475 e. The van der Waals surface area contributed by atoms with Gasteiger partial charge in [0.25, 0.3) is 0 Å². The first-order valence-corrected chi connectivity index (χ1v) is 7.25. The van der Waals surface area contributed by atoms with Crippen molar-refractivity contribution in [2.45, 2.75) is 10.6 Å². The van der Waals surface area contributed by atoms with Crippen LogP contribution in [-0.4, -0.2) is 11.1 Å². The van der Waals surface area contributed by atoms with Gasteiger partial charge in [-0.05, 0) is 35.9 Å². The lowest BCUT2D eigenvalue weighted by molar-refractivity contribution is 0.0665. The number of carbonyl (C=O) groups is 1. The molecular weight excluding hydrogens is 291 g/mol. The smallest absolute Gasteiger partial charge is 0.371 e. The molecule has 3 nitrogen and oxygen atoms in total. The number of aromatic carboxylic acids is 1. The van der Waals surface area contributed by atoms with E-state index in [9.17, 15) is 9.18 Å². The van der Waals surface area contributed by atoms with Gasteiger partial charge in [-0.1, -0.05) is 18.2 Å². The standard InChI is InChI=1S/C16H11FO3S/c17-12-3-1-2-4-15(12)21-9-10-5-6-13-11(7-10)8-14(20-13)16(18)19/h1-8H,9H2,(H,18,19). The fourth-order valence-electron chi connectivity index (χ4n) is 2.01. The summed E-state index contributed by atoms with van der Waals surface area (Å²) >= 11 is 1.40. The summed E-state index contributed by atoms with van der Waals surface area (Å²) in [7, 11) is 0. The molecule has 1 heterocycles. The summed E-state index contributed by atoms with van der Waals surface area (Å²) in [6.07, 6.45) is 0. The average molecular weight is 302 g/mol. The summed E-state index contributed by atoms with van der Waals surface area (Å²) in [5.74, 6) is -0.804. The summed E-state index contributed by atoms with van der Waals surface area (Å²) < 4.78 is 18.7. The van der Waals surface area contributed by atoms with Crippen LogP contribution in [0.25, 0.3) is 11.0 Å². The molecule has 0 saturated carbocycles. The maximum atomic E-state index is 13.5. The van der Waals surface area contributed by atoms with Crippen molar-refractivity contribution in [3.63, 3.8) is 0 Å². The van der Waals surface area contributed by atoms with Gasteiger partial charge in [-0.25, -0.2) is 9.18 Å². The SMILES string of the molecule is O=C(O)c1cc2cc(CSc3ccccc3F)ccc2o1. The highest BCUT2D eigenvalue weighted by Gasteiger charge is 2.11. The van der Waals surface area contributed by atoms with E-state index in [1.165, 1.54) is 23.9 Å². The van der Waals surface area contributed by atoms with Crippen molar-refractivity contribution in [1.82, 2.24) is 0 Å². The van der Waals surface area contributed by atoms with Crippen LogP contribution in [0.4, 0.5) is 4.39 Å². The highest BCUT2D eigenvalue weighted by atomic mass is 32.2. The maximum Gasteiger partial charge on any atom is 0.371 e. The van der Waals surface area contributed by atoms with E-state index in [0.717, 1.165) is 10.9 Å². The lowest BCUT2D eigenvalue weighted by Crippen LogP contribution is -1.91. The second-order valence-electron chi connectivity index (χ2n) is 4.51. The molecule has 21 heavy (non-hydrogen) atoms. The number of furan rings is 1. The number of carboxylic acids is 1. The fourth-order valence-corrected chi connectivity index (χ4v) is 2.89. The van der Waals surface area contributed by atoms with E-state index in [-0.39, 0.29) is 11.6 Å². The van der Waals surface area contributed by atoms with E-state index in [4.69, 9.17) is 9.52 Å². The molecule has 0 unspecified atom stereocenters. The molecule has 1 N–H and O–H groups in total. The van der Waals surface area contributed by atoms with Crippen LogP contribution in [0.5, 0.6) is 0 Å². The molecule has 0 saturated heterocycles. The molecule has 0 aliphatic heterocycles. The normalized spacial score (nSPS) is 10.9. The monoisotopic (exact) mass is 302 g/mol. The Morgan fingerprint density at radius 3 is 2.76 bits per heavy atom. The Hall–Kier alpha value is -2.27. The number of fused-ring (bicyclic) bond motifs is 1. The summed E-state index contributed by atoms with van der Waals surface area (Å²) in [5, 5.41) is 9.63. The van der Waals surface area contributed by atoms with Gasteiger partial charge in [0.15, 0.2) is 0 Å². The molecule has 3 aromatic rings. The van der Waals surface area contributed by atoms with Crippen LogP contribution in [0.1, 0.15) is 16.1 Å². The van der Waals surface area contributed by atoms with Crippen LogP contribution < -0.4 is 0 Å². The Bertz CT molecular complexity index is 810. The second kappa shape index (κ2) is 5.61. The number of hydrogen-bond acceptors (Lipinski definition) is 3. The van der Waals surface area contributed by atoms with Crippen molar-refractivity contribution in [3.8, 4) is 0 Å². The maximum absolute atomic E-state index is 13.5. The predicted octanol–water partition coefficient (Wildman–Crippen LogP) is 4.56. The van der Waals surface area contributed by atoms with Gasteiger partial charge in [-0.3, -0.25) is 0 Å². The van der Waals surface area contributed by atoms with E-state index in [1.807, 2.05) is 12.1 Å². The van der Waals surface area contributed by atoms with Gasteiger partial charge in [-0.2, -0.15) is 0 Å². The van der Waals surface area contributed by atoms with Crippen LogP contribution in [0.15, 0.2) is 57.8 Å². The topological polar surface area (TPSA) is 50.4 Å². The molecule has 0 aliphatic carbocycles. The third-order valence-electron chi connectivity index (χ3n) is 3.02. The molecule has 0 aliphatic rings. The lowest BCUT2D eigenvalue weighted by atomic mass is 10.2. The van der Waals surface area contributed by atoms with E-state index in [1.54, 1.807) is 24.3 Å². The third-order valence-corrected chi connectivity index (χ3v) is 4.14. The first kappa shape index (κ1) is 13.7. The number of rotatable bonds is 4. The predicted molar refractivity (Wildman–Crippen MR) is 79.1 cm³/mol. The molecule has 0 fully saturated rings. The van der Waals surface area contributed by atoms with E-state index < -0.39 is 5.97 Å². The van der Waals surface area contributed by atoms with E-state index in [0.29, 0.717) is 16.2 Å². The van der Waals surface area contributed by atoms with Crippen molar-refractivity contribution in [1.29, 1.82) is 0 Å². The zero-order chi connectivity index (χ0) is 14.8. The number of benzene rings is 2. The molecule has 2 aromatic carbocycles. The first-order valence-electron chi connectivity index (χ1n) is 6.26. The Morgan fingerprint density at radius 1 is 1.19 bits per heavy atom. The van der Waals surface area contributed by atoms with E-state index >= 15 is 0 Å². The van der Waals surface area contributed by atoms with Crippen LogP contribution in [0.3, 0.4) is 0 Å². The van der Waals surface area contributed by atoms with Gasteiger partial charge in [0.1, 0.15) is 11.4 Å². The Balaban J connectivity index is 1.81. The molecule has 0 radical (unpaired) electrons. The zero-order valence-electron chi connectivity index (χ0n) is 10.9. The van der Waals surface area contributed by atoms with Crippen molar-refractivity contribution >= 4 is 28.7 Å². The number of thioether (sulfide) groups is 1. The average Bonchev–Trinajstić information content (AvgIpc) is 2.90. The van der Waals surface area contributed by atoms with Crippen molar-refractivity contribution < 1.29 is 18.7 Å². The molecule has 0 spiro atoms. The number of carboxylic acid groups (broad SMARTS) is 1. The molecule has 0 bridgehead atoms. The van der Waals surface area contributed by atoms with Crippen molar-refractivity contribution in [2.24, 2.45) is 0 Å². The minimum atomic E-state index is -1.09. The molecule has 0 amide bonds. The molecule has 0 atom stereocenters. The summed E-state index contributed by atoms with van der Waals surface area (Å²) in [4.78, 5) is 11.5. The van der Waals surface area contributed by atoms with Crippen LogP contribution in [0.2, 0.25) is 0 Å². The second-order valence-corrected chi connectivity index (χ2v) is 5.52. The van der Waals surface area contributed by atoms with Gasteiger partial charge in [0.2, 0.25) is 5.76 Å². The molecule has 1 aromatic heterocycles. The first-order chi connectivity index (χ1) is 10.1. The highest BCUT2D eigenvalue weighted by Crippen LogP contribution is 2.27. The van der Waals surface area contributed by atoms with Gasteiger partial charge >= 0.3 is 5.97 Å². The van der Waals surface area contributed by atoms with Crippen LogP contribution in [0, 0.1) is 5.82 Å². The summed E-state index contributed by atoms with van der Waals surface area (Å²) in [5.41, 5.74) is 1.51. The van der Waals surface area contributed by atoms with Crippen molar-refractivity contribution in [2.75, 3.05) is 0 Å². The van der Waals surface area contributed by atoms with Crippen molar-refractivity contribution in [3.05, 3.63) is 65.7 Å². The van der Waals surface area contributed by atoms with Gasteiger partial charge in [0.05, 0.1) is 0 Å². The van der Waals surface area contributed by atoms with Gasteiger partial charge < -0.3 is 9.52 Å². The lowest BCUT2D eigenvalue weighted by Gasteiger charge is -2.03. The Kier molecular flexibility index (Phi) is 3.66. The highest BCUT2D eigenvalue weighted by molar-refractivity contribution is 7.98. The molecular formula is C16H11FO3S. The van der Waals surface area contributed by atoms with Crippen LogP contribution in [-0.2, 0) is 5.75 Å². The third kappa shape index (κ3) is 2.92. The number of halogens is 1. The summed E-state index contributed by atoms with van der Waals surface area (Å²) in [6, 6.07) is 13.6. The molecule has 5 heteroatoms. The quantitative estimate of drug-likeness (QED) is 0.718. The van der Waals surface area contributed by atoms with Gasteiger partial charge in [0, 0.05) is 16.0 Å². The zero-order valence-corrected chi connectivity index (χ0v) is 11.7.